The van der Waals surface area contributed by atoms with Gasteiger partial charge in [0.1, 0.15) is 3.92 Å². The van der Waals surface area contributed by atoms with Crippen molar-refractivity contribution in [1.29, 1.82) is 0 Å². The number of amides is 1. The molecule has 0 aliphatic carbocycles. The number of aromatic nitrogens is 2. The number of rotatable bonds is 7. The van der Waals surface area contributed by atoms with Gasteiger partial charge in [-0.2, -0.15) is 5.10 Å². The number of benzene rings is 2. The van der Waals surface area contributed by atoms with E-state index < -0.39 is 3.92 Å². The van der Waals surface area contributed by atoms with Crippen LogP contribution in [-0.4, -0.2) is 22.2 Å². The lowest BCUT2D eigenvalue weighted by molar-refractivity contribution is -0.120. The van der Waals surface area contributed by atoms with Crippen molar-refractivity contribution in [2.24, 2.45) is 0 Å². The van der Waals surface area contributed by atoms with Crippen LogP contribution in [0.2, 0.25) is 15.1 Å². The normalized spacial score (nSPS) is 12.1. The topological polar surface area (TPSA) is 46.9 Å². The lowest BCUT2D eigenvalue weighted by Gasteiger charge is -2.11. The van der Waals surface area contributed by atoms with E-state index in [1.54, 1.807) is 16.8 Å². The molecule has 8 heteroatoms. The van der Waals surface area contributed by atoms with E-state index in [-0.39, 0.29) is 5.91 Å². The zero-order chi connectivity index (χ0) is 21.8. The fourth-order valence-electron chi connectivity index (χ4n) is 3.13. The average molecular weight is 577 g/mol. The summed E-state index contributed by atoms with van der Waals surface area (Å²) in [6, 6.07) is 12.8. The quantitative estimate of drug-likeness (QED) is 0.184. The Balaban J connectivity index is 2.12. The third-order valence-electron chi connectivity index (χ3n) is 4.71. The van der Waals surface area contributed by atoms with Crippen LogP contribution in [-0.2, 0) is 4.79 Å². The van der Waals surface area contributed by atoms with Crippen LogP contribution in [0.15, 0.2) is 42.5 Å². The predicted molar refractivity (Wildman–Crippen MR) is 133 cm³/mol. The van der Waals surface area contributed by atoms with Crippen LogP contribution in [0.4, 0.5) is 0 Å². The summed E-state index contributed by atoms with van der Waals surface area (Å²) in [4.78, 5) is 12.7. The Labute approximate surface area is 205 Å². The second kappa shape index (κ2) is 10.4. The summed E-state index contributed by atoms with van der Waals surface area (Å²) in [6.45, 7) is 4.72. The Morgan fingerprint density at radius 2 is 1.80 bits per heavy atom. The first-order chi connectivity index (χ1) is 14.3. The predicted octanol–water partition coefficient (Wildman–Crippen LogP) is 7.20. The van der Waals surface area contributed by atoms with Gasteiger partial charge in [0.15, 0.2) is 0 Å². The van der Waals surface area contributed by atoms with Crippen molar-refractivity contribution < 1.29 is 4.79 Å². The van der Waals surface area contributed by atoms with Gasteiger partial charge < -0.3 is 5.32 Å². The van der Waals surface area contributed by atoms with Crippen molar-refractivity contribution in [3.05, 3.63) is 68.8 Å². The fourth-order valence-corrected chi connectivity index (χ4v) is 4.56. The highest BCUT2D eigenvalue weighted by molar-refractivity contribution is 14.1. The molecular weight excluding hydrogens is 556 g/mol. The smallest absolute Gasteiger partial charge is 0.239 e. The molecular formula is C22H21Cl3IN3O. The van der Waals surface area contributed by atoms with Crippen molar-refractivity contribution in [1.82, 2.24) is 15.1 Å². The highest BCUT2D eigenvalue weighted by Crippen LogP contribution is 2.37. The maximum absolute atomic E-state index is 12.7. The molecule has 1 heterocycles. The van der Waals surface area contributed by atoms with Crippen LogP contribution in [0.5, 0.6) is 0 Å². The zero-order valence-electron chi connectivity index (χ0n) is 16.6. The molecule has 0 saturated heterocycles. The first kappa shape index (κ1) is 23.4. The van der Waals surface area contributed by atoms with Gasteiger partial charge in [-0.15, -0.1) is 0 Å². The van der Waals surface area contributed by atoms with Gasteiger partial charge in [-0.1, -0.05) is 82.9 Å². The lowest BCUT2D eigenvalue weighted by atomic mass is 10.1. The van der Waals surface area contributed by atoms with Crippen LogP contribution in [0.3, 0.4) is 0 Å². The molecule has 0 spiro atoms. The van der Waals surface area contributed by atoms with E-state index in [1.807, 2.05) is 37.3 Å². The molecule has 4 nitrogen and oxygen atoms in total. The second-order valence-electron chi connectivity index (χ2n) is 6.88. The molecule has 1 atom stereocenters. The van der Waals surface area contributed by atoms with Crippen molar-refractivity contribution >= 4 is 63.3 Å². The van der Waals surface area contributed by atoms with Gasteiger partial charge in [0.25, 0.3) is 0 Å². The molecule has 0 radical (unpaired) electrons. The summed E-state index contributed by atoms with van der Waals surface area (Å²) in [5, 5.41) is 9.46. The molecule has 158 valence electrons. The van der Waals surface area contributed by atoms with Gasteiger partial charge in [0, 0.05) is 27.7 Å². The number of halogens is 4. The minimum Gasteiger partial charge on any atom is -0.355 e. The highest BCUT2D eigenvalue weighted by atomic mass is 127. The molecule has 1 unspecified atom stereocenters. The Morgan fingerprint density at radius 3 is 2.43 bits per heavy atom. The van der Waals surface area contributed by atoms with E-state index in [0.717, 1.165) is 29.7 Å². The van der Waals surface area contributed by atoms with Gasteiger partial charge in [-0.3, -0.25) is 4.79 Å². The standard InChI is InChI=1S/C22H21Cl3IN3O/c1-3-4-11-27-22(30)19(26)20-13(2)21(14-5-7-15(23)8-6-14)29(28-20)18-10-9-16(24)12-17(18)25/h5-10,12,19H,3-4,11H2,1-2H3,(H,27,30). The number of hydrogen-bond donors (Lipinski definition) is 1. The Kier molecular flexibility index (Phi) is 8.07. The minimum absolute atomic E-state index is 0.0540. The van der Waals surface area contributed by atoms with Crippen molar-refractivity contribution in [3.8, 4) is 16.9 Å². The van der Waals surface area contributed by atoms with E-state index in [2.05, 4.69) is 34.8 Å². The maximum Gasteiger partial charge on any atom is 0.239 e. The van der Waals surface area contributed by atoms with Gasteiger partial charge in [0.2, 0.25) is 5.91 Å². The summed E-state index contributed by atoms with van der Waals surface area (Å²) in [6.07, 6.45) is 1.97. The number of unbranched alkanes of at least 4 members (excludes halogenated alkanes) is 1. The molecule has 1 aromatic heterocycles. The number of nitrogens with one attached hydrogen (secondary N) is 1. The highest BCUT2D eigenvalue weighted by Gasteiger charge is 2.27. The van der Waals surface area contributed by atoms with Gasteiger partial charge >= 0.3 is 0 Å². The van der Waals surface area contributed by atoms with Gasteiger partial charge in [-0.25, -0.2) is 4.68 Å². The van der Waals surface area contributed by atoms with E-state index in [9.17, 15) is 4.79 Å². The summed E-state index contributed by atoms with van der Waals surface area (Å²) >= 11 is 20.8. The zero-order valence-corrected chi connectivity index (χ0v) is 21.0. The monoisotopic (exact) mass is 575 g/mol. The lowest BCUT2D eigenvalue weighted by Crippen LogP contribution is -2.28. The van der Waals surface area contributed by atoms with Crippen LogP contribution in [0.25, 0.3) is 16.9 Å². The molecule has 0 aliphatic rings. The third kappa shape index (κ3) is 5.13. The first-order valence-corrected chi connectivity index (χ1v) is 11.9. The molecule has 1 amide bonds. The Hall–Kier alpha value is -1.28. The number of hydrogen-bond acceptors (Lipinski definition) is 2. The van der Waals surface area contributed by atoms with Gasteiger partial charge in [0.05, 0.1) is 22.1 Å². The molecule has 3 aromatic rings. The Morgan fingerprint density at radius 1 is 1.13 bits per heavy atom. The maximum atomic E-state index is 12.7. The SMILES string of the molecule is CCCCNC(=O)C(I)c1nn(-c2ccc(Cl)cc2Cl)c(-c2ccc(Cl)cc2)c1C. The third-order valence-corrected chi connectivity index (χ3v) is 6.66. The Bertz CT molecular complexity index is 1050. The summed E-state index contributed by atoms with van der Waals surface area (Å²) in [5.41, 5.74) is 4.08. The van der Waals surface area contributed by atoms with E-state index >= 15 is 0 Å². The minimum atomic E-state index is -0.433. The number of carbonyl (C=O) groups excluding carboxylic acids is 1. The molecule has 0 aliphatic heterocycles. The van der Waals surface area contributed by atoms with E-state index in [4.69, 9.17) is 39.9 Å². The molecule has 2 aromatic carbocycles. The average Bonchev–Trinajstić information content (AvgIpc) is 3.05. The van der Waals surface area contributed by atoms with E-state index in [0.29, 0.717) is 33.0 Å². The molecule has 0 fully saturated rings. The van der Waals surface area contributed by atoms with Crippen molar-refractivity contribution in [2.45, 2.75) is 30.6 Å². The molecule has 30 heavy (non-hydrogen) atoms. The summed E-state index contributed by atoms with van der Waals surface area (Å²) < 4.78 is 1.34. The van der Waals surface area contributed by atoms with Crippen LogP contribution in [0, 0.1) is 6.92 Å². The molecule has 3 rings (SSSR count). The van der Waals surface area contributed by atoms with Crippen LogP contribution in [0.1, 0.15) is 34.9 Å². The van der Waals surface area contributed by atoms with Crippen molar-refractivity contribution in [2.75, 3.05) is 6.54 Å². The van der Waals surface area contributed by atoms with Gasteiger partial charge in [-0.05, 0) is 43.7 Å². The second-order valence-corrected chi connectivity index (χ2v) is 9.41. The largest absolute Gasteiger partial charge is 0.355 e. The van der Waals surface area contributed by atoms with Crippen molar-refractivity contribution in [3.63, 3.8) is 0 Å². The van der Waals surface area contributed by atoms with Crippen LogP contribution < -0.4 is 5.32 Å². The summed E-state index contributed by atoms with van der Waals surface area (Å²) in [7, 11) is 0. The fraction of sp³-hybridized carbons (Fsp3) is 0.273. The number of nitrogens with zero attached hydrogens (tertiary/aromatic N) is 2. The molecule has 0 saturated carbocycles. The van der Waals surface area contributed by atoms with Crippen LogP contribution >= 0.6 is 57.4 Å². The summed E-state index contributed by atoms with van der Waals surface area (Å²) in [5.74, 6) is -0.0540. The number of carbonyl (C=O) groups is 1. The first-order valence-electron chi connectivity index (χ1n) is 9.56. The van der Waals surface area contributed by atoms with E-state index in [1.165, 1.54) is 0 Å². The molecule has 0 bridgehead atoms. The number of alkyl halides is 1. The molecule has 1 N–H and O–H groups in total.